The van der Waals surface area contributed by atoms with Gasteiger partial charge in [-0.1, -0.05) is 0 Å². The lowest BCUT2D eigenvalue weighted by Gasteiger charge is -2.06. The van der Waals surface area contributed by atoms with Crippen LogP contribution in [0.25, 0.3) is 21.8 Å². The molecule has 0 bridgehead atoms. The Morgan fingerprint density at radius 1 is 1.26 bits per heavy atom. The van der Waals surface area contributed by atoms with E-state index >= 15 is 0 Å². The Labute approximate surface area is 126 Å². The number of benzene rings is 1. The van der Waals surface area contributed by atoms with E-state index in [1.807, 2.05) is 31.5 Å². The van der Waals surface area contributed by atoms with E-state index in [0.717, 1.165) is 36.3 Å². The molecule has 0 aliphatic heterocycles. The second kappa shape index (κ2) is 4.42. The molecule has 0 radical (unpaired) electrons. The summed E-state index contributed by atoms with van der Waals surface area (Å²) in [6, 6.07) is 3.94. The first-order valence-electron chi connectivity index (χ1n) is 5.76. The minimum Gasteiger partial charge on any atom is -0.286 e. The molecule has 0 spiro atoms. The summed E-state index contributed by atoms with van der Waals surface area (Å²) in [6.07, 6.45) is 3.69. The number of aromatic nitrogens is 2. The van der Waals surface area contributed by atoms with Crippen LogP contribution in [0.1, 0.15) is 17.3 Å². The fourth-order valence-corrected chi connectivity index (χ4v) is 3.08. The van der Waals surface area contributed by atoms with Gasteiger partial charge in [0.15, 0.2) is 0 Å². The van der Waals surface area contributed by atoms with E-state index in [2.05, 4.69) is 36.8 Å². The van der Waals surface area contributed by atoms with Gasteiger partial charge < -0.3 is 0 Å². The summed E-state index contributed by atoms with van der Waals surface area (Å²) in [4.78, 5) is 16.3. The molecule has 2 aromatic heterocycles. The van der Waals surface area contributed by atoms with Crippen LogP contribution in [-0.4, -0.2) is 15.5 Å². The number of fused-ring (bicyclic) bond motifs is 3. The Bertz CT molecular complexity index is 836. The van der Waals surface area contributed by atoms with E-state index in [1.165, 1.54) is 0 Å². The number of rotatable bonds is 0. The molecular formula is C14H10Br2N2O. The molecule has 5 heteroatoms. The topological polar surface area (TPSA) is 34.9 Å². The summed E-state index contributed by atoms with van der Waals surface area (Å²) < 4.78 is 3.54. The molecule has 0 aliphatic carbocycles. The minimum absolute atomic E-state index is 0.00430. The monoisotopic (exact) mass is 380 g/mol. The number of nitrogens with zero attached hydrogens (tertiary/aromatic N) is 2. The lowest BCUT2D eigenvalue weighted by Crippen LogP contribution is -2.03. The van der Waals surface area contributed by atoms with Crippen LogP contribution < -0.4 is 0 Å². The molecule has 0 fully saturated rings. The molecule has 0 unspecified atom stereocenters. The zero-order chi connectivity index (χ0) is 13.7. The van der Waals surface area contributed by atoms with Crippen molar-refractivity contribution >= 4 is 59.6 Å². The second-order valence-electron chi connectivity index (χ2n) is 4.48. The fraction of sp³-hybridized carbons (Fsp3) is 0.143. The van der Waals surface area contributed by atoms with Crippen LogP contribution in [0.4, 0.5) is 0 Å². The Balaban J connectivity index is 2.59. The van der Waals surface area contributed by atoms with Gasteiger partial charge >= 0.3 is 0 Å². The summed E-state index contributed by atoms with van der Waals surface area (Å²) in [5.74, 6) is 0.00430. The predicted octanol–water partition coefficient (Wildman–Crippen LogP) is 4.68. The molecule has 3 nitrogen and oxygen atoms in total. The van der Waals surface area contributed by atoms with Crippen LogP contribution in [0.5, 0.6) is 0 Å². The van der Waals surface area contributed by atoms with E-state index in [4.69, 9.17) is 0 Å². The van der Waals surface area contributed by atoms with E-state index < -0.39 is 0 Å². The highest BCUT2D eigenvalue weighted by molar-refractivity contribution is 9.13. The van der Waals surface area contributed by atoms with Crippen LogP contribution >= 0.6 is 31.9 Å². The third-order valence-electron chi connectivity index (χ3n) is 3.23. The molecule has 96 valence electrons. The van der Waals surface area contributed by atoms with Gasteiger partial charge in [0.05, 0.1) is 15.5 Å². The molecule has 0 atom stereocenters. The van der Waals surface area contributed by atoms with Crippen molar-refractivity contribution in [3.8, 4) is 0 Å². The molecule has 19 heavy (non-hydrogen) atoms. The first-order valence-corrected chi connectivity index (χ1v) is 7.34. The van der Waals surface area contributed by atoms with E-state index in [9.17, 15) is 4.79 Å². The largest absolute Gasteiger partial charge is 0.286 e. The molecule has 0 saturated carbocycles. The lowest BCUT2D eigenvalue weighted by atomic mass is 10.1. The van der Waals surface area contributed by atoms with Crippen LogP contribution in [0.3, 0.4) is 0 Å². The van der Waals surface area contributed by atoms with Gasteiger partial charge in [-0.15, -0.1) is 0 Å². The van der Waals surface area contributed by atoms with Crippen molar-refractivity contribution in [1.82, 2.24) is 9.55 Å². The third kappa shape index (κ3) is 1.83. The third-order valence-corrected chi connectivity index (χ3v) is 5.23. The fourth-order valence-electron chi connectivity index (χ4n) is 2.32. The van der Waals surface area contributed by atoms with Gasteiger partial charge in [0.25, 0.3) is 0 Å². The number of carbonyl (C=O) groups is 1. The van der Waals surface area contributed by atoms with Crippen molar-refractivity contribution in [2.24, 2.45) is 0 Å². The molecule has 3 aromatic rings. The SMILES string of the molecule is CC(=O)n1cc(C)c2cnc3c(Br)c(Br)ccc3c21. The van der Waals surface area contributed by atoms with Gasteiger partial charge in [-0.05, 0) is 56.5 Å². The van der Waals surface area contributed by atoms with Crippen molar-refractivity contribution in [1.29, 1.82) is 0 Å². The van der Waals surface area contributed by atoms with Crippen molar-refractivity contribution in [2.75, 3.05) is 0 Å². The van der Waals surface area contributed by atoms with E-state index in [-0.39, 0.29) is 5.91 Å². The first-order chi connectivity index (χ1) is 9.00. The maximum atomic E-state index is 11.8. The van der Waals surface area contributed by atoms with E-state index in [1.54, 1.807) is 11.5 Å². The van der Waals surface area contributed by atoms with Gasteiger partial charge in [0, 0.05) is 34.6 Å². The molecular weight excluding hydrogens is 372 g/mol. The second-order valence-corrected chi connectivity index (χ2v) is 6.13. The normalized spacial score (nSPS) is 11.4. The number of aryl methyl sites for hydroxylation is 1. The summed E-state index contributed by atoms with van der Waals surface area (Å²) in [5, 5.41) is 1.98. The van der Waals surface area contributed by atoms with Crippen LogP contribution in [0, 0.1) is 6.92 Å². The lowest BCUT2D eigenvalue weighted by molar-refractivity contribution is 0.0941. The summed E-state index contributed by atoms with van der Waals surface area (Å²) in [5.41, 5.74) is 2.82. The van der Waals surface area contributed by atoms with Gasteiger partial charge in [-0.3, -0.25) is 14.3 Å². The van der Waals surface area contributed by atoms with Crippen LogP contribution in [0.2, 0.25) is 0 Å². The highest BCUT2D eigenvalue weighted by Gasteiger charge is 2.14. The highest BCUT2D eigenvalue weighted by Crippen LogP contribution is 2.35. The molecule has 0 saturated heterocycles. The standard InChI is InChI=1S/C14H10Br2N2O/c1-7-6-18(8(2)19)14-9-3-4-11(15)12(16)13(9)17-5-10(7)14/h3-6H,1-2H3. The minimum atomic E-state index is 0.00430. The molecule has 3 rings (SSSR count). The van der Waals surface area contributed by atoms with Gasteiger partial charge in [-0.25, -0.2) is 0 Å². The van der Waals surface area contributed by atoms with Crippen LogP contribution in [-0.2, 0) is 0 Å². The number of hydrogen-bond acceptors (Lipinski definition) is 2. The Kier molecular flexibility index (Phi) is 2.98. The number of carbonyl (C=O) groups excluding carboxylic acids is 1. The highest BCUT2D eigenvalue weighted by atomic mass is 79.9. The van der Waals surface area contributed by atoms with Gasteiger partial charge in [0.2, 0.25) is 5.91 Å². The average molecular weight is 382 g/mol. The average Bonchev–Trinajstić information content (AvgIpc) is 2.72. The van der Waals surface area contributed by atoms with Crippen molar-refractivity contribution in [2.45, 2.75) is 13.8 Å². The quantitative estimate of drug-likeness (QED) is 0.566. The van der Waals surface area contributed by atoms with Crippen LogP contribution in [0.15, 0.2) is 33.5 Å². The van der Waals surface area contributed by atoms with Gasteiger partial charge in [0.1, 0.15) is 0 Å². The number of hydrogen-bond donors (Lipinski definition) is 0. The molecule has 0 aliphatic rings. The molecule has 0 amide bonds. The van der Waals surface area contributed by atoms with E-state index in [0.29, 0.717) is 0 Å². The summed E-state index contributed by atoms with van der Waals surface area (Å²) in [6.45, 7) is 3.56. The zero-order valence-corrected chi connectivity index (χ0v) is 13.5. The summed E-state index contributed by atoms with van der Waals surface area (Å²) >= 11 is 7.00. The Morgan fingerprint density at radius 2 is 2.00 bits per heavy atom. The van der Waals surface area contributed by atoms with Crippen molar-refractivity contribution in [3.05, 3.63) is 39.0 Å². The maximum absolute atomic E-state index is 11.8. The predicted molar refractivity (Wildman–Crippen MR) is 83.7 cm³/mol. The smallest absolute Gasteiger partial charge is 0.227 e. The number of halogens is 2. The summed E-state index contributed by atoms with van der Waals surface area (Å²) in [7, 11) is 0. The Morgan fingerprint density at radius 3 is 2.68 bits per heavy atom. The molecule has 1 aromatic carbocycles. The molecule has 0 N–H and O–H groups in total. The first kappa shape index (κ1) is 12.8. The van der Waals surface area contributed by atoms with Gasteiger partial charge in [-0.2, -0.15) is 0 Å². The van der Waals surface area contributed by atoms with Crippen molar-refractivity contribution < 1.29 is 4.79 Å². The zero-order valence-electron chi connectivity index (χ0n) is 10.4. The maximum Gasteiger partial charge on any atom is 0.227 e. The number of pyridine rings is 1. The Hall–Kier alpha value is -1.20. The molecule has 2 heterocycles. The van der Waals surface area contributed by atoms with Crippen molar-refractivity contribution in [3.63, 3.8) is 0 Å².